The highest BCUT2D eigenvalue weighted by Crippen LogP contribution is 2.21. The summed E-state index contributed by atoms with van der Waals surface area (Å²) in [7, 11) is 0. The maximum absolute atomic E-state index is 12.0. The van der Waals surface area contributed by atoms with Gasteiger partial charge in [-0.25, -0.2) is 0 Å². The third-order valence-electron chi connectivity index (χ3n) is 3.83. The Morgan fingerprint density at radius 3 is 2.47 bits per heavy atom. The van der Waals surface area contributed by atoms with Crippen molar-refractivity contribution >= 4 is 11.6 Å². The predicted molar refractivity (Wildman–Crippen MR) is 79.5 cm³/mol. The fraction of sp³-hybridized carbons (Fsp3) is 0.562. The number of unbranched alkanes of at least 4 members (excludes halogenated alkanes) is 1. The first kappa shape index (κ1) is 13.9. The van der Waals surface area contributed by atoms with E-state index in [-0.39, 0.29) is 0 Å². The number of piperazine rings is 1. The molecule has 0 atom stereocenters. The van der Waals surface area contributed by atoms with E-state index in [4.69, 9.17) is 0 Å². The summed E-state index contributed by atoms with van der Waals surface area (Å²) in [6.07, 6.45) is 2.81. The van der Waals surface area contributed by atoms with E-state index in [1.807, 2.05) is 4.90 Å². The molecule has 2 rings (SSSR count). The zero-order valence-electron chi connectivity index (χ0n) is 12.1. The van der Waals surface area contributed by atoms with Crippen molar-refractivity contribution in [2.45, 2.75) is 33.1 Å². The number of carbonyl (C=O) groups excluding carboxylic acids is 1. The minimum Gasteiger partial charge on any atom is -0.368 e. The second-order valence-corrected chi connectivity index (χ2v) is 5.26. The molecule has 1 aromatic carbocycles. The topological polar surface area (TPSA) is 23.6 Å². The number of aryl methyl sites for hydroxylation is 1. The van der Waals surface area contributed by atoms with Crippen LogP contribution in [-0.2, 0) is 4.79 Å². The molecule has 1 fully saturated rings. The lowest BCUT2D eigenvalue weighted by Gasteiger charge is -2.36. The molecule has 1 amide bonds. The van der Waals surface area contributed by atoms with E-state index < -0.39 is 0 Å². The summed E-state index contributed by atoms with van der Waals surface area (Å²) in [5, 5.41) is 0. The average molecular weight is 260 g/mol. The van der Waals surface area contributed by atoms with Gasteiger partial charge >= 0.3 is 0 Å². The molecular formula is C16H24N2O. The number of hydrogen-bond acceptors (Lipinski definition) is 2. The number of hydrogen-bond donors (Lipinski definition) is 0. The standard InChI is InChI=1S/C16H24N2O/c1-3-4-9-16(19)18-12-10-17(11-13-18)15-8-6-5-7-14(15)2/h5-8H,3-4,9-13H2,1-2H3. The van der Waals surface area contributed by atoms with Crippen molar-refractivity contribution in [1.29, 1.82) is 0 Å². The van der Waals surface area contributed by atoms with Crippen molar-refractivity contribution in [3.05, 3.63) is 29.8 Å². The number of anilines is 1. The normalized spacial score (nSPS) is 15.7. The minimum absolute atomic E-state index is 0.325. The highest BCUT2D eigenvalue weighted by molar-refractivity contribution is 5.76. The highest BCUT2D eigenvalue weighted by Gasteiger charge is 2.21. The predicted octanol–water partition coefficient (Wildman–Crippen LogP) is 2.83. The third-order valence-corrected chi connectivity index (χ3v) is 3.83. The zero-order chi connectivity index (χ0) is 13.7. The number of nitrogens with zero attached hydrogens (tertiary/aromatic N) is 2. The Balaban J connectivity index is 1.89. The molecule has 0 aromatic heterocycles. The fourth-order valence-corrected chi connectivity index (χ4v) is 2.60. The third kappa shape index (κ3) is 3.49. The Labute approximate surface area is 116 Å². The van der Waals surface area contributed by atoms with Gasteiger partial charge in [-0.15, -0.1) is 0 Å². The average Bonchev–Trinajstić information content (AvgIpc) is 2.45. The summed E-state index contributed by atoms with van der Waals surface area (Å²) in [6.45, 7) is 7.89. The maximum atomic E-state index is 12.0. The van der Waals surface area contributed by atoms with Gasteiger partial charge in [-0.05, 0) is 25.0 Å². The lowest BCUT2D eigenvalue weighted by molar-refractivity contribution is -0.131. The maximum Gasteiger partial charge on any atom is 0.222 e. The summed E-state index contributed by atoms with van der Waals surface area (Å²) in [4.78, 5) is 16.4. The van der Waals surface area contributed by atoms with Gasteiger partial charge in [0, 0.05) is 38.3 Å². The van der Waals surface area contributed by atoms with Gasteiger partial charge in [-0.3, -0.25) is 4.79 Å². The largest absolute Gasteiger partial charge is 0.368 e. The number of carbonyl (C=O) groups is 1. The van der Waals surface area contributed by atoms with Crippen LogP contribution in [-0.4, -0.2) is 37.0 Å². The second-order valence-electron chi connectivity index (χ2n) is 5.26. The van der Waals surface area contributed by atoms with Gasteiger partial charge in [-0.2, -0.15) is 0 Å². The van der Waals surface area contributed by atoms with Crippen LogP contribution in [0.5, 0.6) is 0 Å². The molecule has 0 N–H and O–H groups in total. The van der Waals surface area contributed by atoms with E-state index in [0.29, 0.717) is 12.3 Å². The molecule has 1 aromatic rings. The van der Waals surface area contributed by atoms with Gasteiger partial charge in [0.2, 0.25) is 5.91 Å². The molecule has 3 heteroatoms. The van der Waals surface area contributed by atoms with Gasteiger partial charge < -0.3 is 9.80 Å². The van der Waals surface area contributed by atoms with E-state index >= 15 is 0 Å². The van der Waals surface area contributed by atoms with Crippen LogP contribution in [0.1, 0.15) is 31.7 Å². The fourth-order valence-electron chi connectivity index (χ4n) is 2.60. The summed E-state index contributed by atoms with van der Waals surface area (Å²) in [5.41, 5.74) is 2.62. The van der Waals surface area contributed by atoms with Crippen molar-refractivity contribution in [3.63, 3.8) is 0 Å². The van der Waals surface area contributed by atoms with Gasteiger partial charge in [0.1, 0.15) is 0 Å². The van der Waals surface area contributed by atoms with Crippen molar-refractivity contribution in [2.24, 2.45) is 0 Å². The quantitative estimate of drug-likeness (QED) is 0.831. The summed E-state index contributed by atoms with van der Waals surface area (Å²) >= 11 is 0. The first-order chi connectivity index (χ1) is 9.22. The van der Waals surface area contributed by atoms with Crippen molar-refractivity contribution in [2.75, 3.05) is 31.1 Å². The molecule has 0 unspecified atom stereocenters. The molecule has 0 saturated carbocycles. The van der Waals surface area contributed by atoms with E-state index in [9.17, 15) is 4.79 Å². The Morgan fingerprint density at radius 2 is 1.84 bits per heavy atom. The van der Waals surface area contributed by atoms with Gasteiger partial charge in [0.15, 0.2) is 0 Å². The molecule has 1 aliphatic rings. The molecule has 1 saturated heterocycles. The number of benzene rings is 1. The van der Waals surface area contributed by atoms with Crippen LogP contribution in [0.15, 0.2) is 24.3 Å². The van der Waals surface area contributed by atoms with Crippen LogP contribution in [0.3, 0.4) is 0 Å². The lowest BCUT2D eigenvalue weighted by Crippen LogP contribution is -2.48. The van der Waals surface area contributed by atoms with Crippen LogP contribution < -0.4 is 4.90 Å². The Hall–Kier alpha value is -1.51. The molecule has 0 aliphatic carbocycles. The first-order valence-electron chi connectivity index (χ1n) is 7.30. The molecule has 19 heavy (non-hydrogen) atoms. The number of rotatable bonds is 4. The van der Waals surface area contributed by atoms with Crippen LogP contribution >= 0.6 is 0 Å². The van der Waals surface area contributed by atoms with E-state index in [1.165, 1.54) is 11.3 Å². The Morgan fingerprint density at radius 1 is 1.16 bits per heavy atom. The van der Waals surface area contributed by atoms with E-state index in [0.717, 1.165) is 39.0 Å². The lowest BCUT2D eigenvalue weighted by atomic mass is 10.1. The highest BCUT2D eigenvalue weighted by atomic mass is 16.2. The van der Waals surface area contributed by atoms with Gasteiger partial charge in [0.05, 0.1) is 0 Å². The molecule has 3 nitrogen and oxygen atoms in total. The number of amides is 1. The van der Waals surface area contributed by atoms with Crippen LogP contribution in [0, 0.1) is 6.92 Å². The first-order valence-corrected chi connectivity index (χ1v) is 7.30. The van der Waals surface area contributed by atoms with Gasteiger partial charge in [0.25, 0.3) is 0 Å². The number of para-hydroxylation sites is 1. The zero-order valence-corrected chi connectivity index (χ0v) is 12.1. The molecule has 0 spiro atoms. The smallest absolute Gasteiger partial charge is 0.222 e. The Bertz CT molecular complexity index is 423. The molecule has 104 valence electrons. The molecular weight excluding hydrogens is 236 g/mol. The Kier molecular flexibility index (Phi) is 4.83. The minimum atomic E-state index is 0.325. The second kappa shape index (κ2) is 6.60. The van der Waals surface area contributed by atoms with Gasteiger partial charge in [-0.1, -0.05) is 31.5 Å². The molecule has 1 heterocycles. The van der Waals surface area contributed by atoms with Crippen molar-refractivity contribution in [3.8, 4) is 0 Å². The summed E-state index contributed by atoms with van der Waals surface area (Å²) in [6, 6.07) is 8.47. The monoisotopic (exact) mass is 260 g/mol. The van der Waals surface area contributed by atoms with Crippen LogP contribution in [0.25, 0.3) is 0 Å². The summed E-state index contributed by atoms with van der Waals surface area (Å²) in [5.74, 6) is 0.325. The van der Waals surface area contributed by atoms with Crippen LogP contribution in [0.4, 0.5) is 5.69 Å². The van der Waals surface area contributed by atoms with E-state index in [2.05, 4.69) is 43.0 Å². The van der Waals surface area contributed by atoms with Crippen molar-refractivity contribution < 1.29 is 4.79 Å². The molecule has 0 radical (unpaired) electrons. The summed E-state index contributed by atoms with van der Waals surface area (Å²) < 4.78 is 0. The van der Waals surface area contributed by atoms with Crippen LogP contribution in [0.2, 0.25) is 0 Å². The molecule has 0 bridgehead atoms. The van der Waals surface area contributed by atoms with E-state index in [1.54, 1.807) is 0 Å². The molecule has 1 aliphatic heterocycles. The van der Waals surface area contributed by atoms with Crippen molar-refractivity contribution in [1.82, 2.24) is 4.90 Å². The SMILES string of the molecule is CCCCC(=O)N1CCN(c2ccccc2C)CC1.